The van der Waals surface area contributed by atoms with Crippen molar-refractivity contribution in [2.45, 2.75) is 19.1 Å². The molecule has 1 heterocycles. The summed E-state index contributed by atoms with van der Waals surface area (Å²) in [5.74, 6) is 0.642. The van der Waals surface area contributed by atoms with Crippen molar-refractivity contribution < 1.29 is 18.3 Å². The van der Waals surface area contributed by atoms with E-state index in [-0.39, 0.29) is 17.5 Å². The molecule has 2 N–H and O–H groups in total. The second kappa shape index (κ2) is 5.90. The first-order chi connectivity index (χ1) is 8.96. The monoisotopic (exact) mass is 285 g/mol. The largest absolute Gasteiger partial charge is 0.492 e. The Labute approximate surface area is 113 Å². The second-order valence-corrected chi connectivity index (χ2v) is 7.02. The molecule has 1 aliphatic rings. The number of aryl methyl sites for hydroxylation is 1. The fourth-order valence-corrected chi connectivity index (χ4v) is 3.92. The van der Waals surface area contributed by atoms with E-state index < -0.39 is 15.9 Å². The highest BCUT2D eigenvalue weighted by Gasteiger charge is 2.35. The minimum absolute atomic E-state index is 0.00138. The summed E-state index contributed by atoms with van der Waals surface area (Å²) in [6.07, 6.45) is -0.816. The minimum atomic E-state index is -3.09. The van der Waals surface area contributed by atoms with Crippen LogP contribution in [0.5, 0.6) is 5.75 Å². The normalized spacial score (nSPS) is 25.4. The van der Waals surface area contributed by atoms with Gasteiger partial charge in [0.15, 0.2) is 9.84 Å². The first kappa shape index (κ1) is 14.3. The van der Waals surface area contributed by atoms with Gasteiger partial charge in [0.2, 0.25) is 0 Å². The topological polar surface area (TPSA) is 75.6 Å². The van der Waals surface area contributed by atoms with Gasteiger partial charge in [-0.25, -0.2) is 8.42 Å². The number of hydrogen-bond acceptors (Lipinski definition) is 5. The number of nitrogens with one attached hydrogen (secondary N) is 1. The number of sulfone groups is 1. The van der Waals surface area contributed by atoms with Crippen molar-refractivity contribution >= 4 is 9.84 Å². The molecular formula is C13H19NO4S. The molecule has 0 spiro atoms. The molecular weight excluding hydrogens is 266 g/mol. The van der Waals surface area contributed by atoms with Gasteiger partial charge in [-0.1, -0.05) is 12.1 Å². The van der Waals surface area contributed by atoms with Crippen molar-refractivity contribution in [2.24, 2.45) is 0 Å². The van der Waals surface area contributed by atoms with Gasteiger partial charge in [-0.3, -0.25) is 0 Å². The average Bonchev–Trinajstić information content (AvgIpc) is 2.58. The lowest BCUT2D eigenvalue weighted by atomic mass is 10.2. The number of aliphatic hydroxyl groups excluding tert-OH is 1. The third kappa shape index (κ3) is 4.19. The van der Waals surface area contributed by atoms with Gasteiger partial charge in [0.05, 0.1) is 17.6 Å². The first-order valence-corrected chi connectivity index (χ1v) is 8.10. The standard InChI is InChI=1S/C13H19NO4S/c1-10-3-2-4-11(7-10)18-6-5-14-12-8-19(16,17)9-13(12)15/h2-4,7,12-15H,5-6,8-9H2,1H3. The maximum absolute atomic E-state index is 11.3. The molecule has 106 valence electrons. The molecule has 0 saturated carbocycles. The van der Waals surface area contributed by atoms with Crippen LogP contribution in [-0.2, 0) is 9.84 Å². The fraction of sp³-hybridized carbons (Fsp3) is 0.538. The quantitative estimate of drug-likeness (QED) is 0.752. The lowest BCUT2D eigenvalue weighted by Gasteiger charge is -2.15. The van der Waals surface area contributed by atoms with Crippen molar-refractivity contribution in [1.82, 2.24) is 5.32 Å². The molecule has 0 bridgehead atoms. The number of aliphatic hydroxyl groups is 1. The molecule has 0 aromatic heterocycles. The van der Waals surface area contributed by atoms with Gasteiger partial charge in [0.1, 0.15) is 12.4 Å². The Balaban J connectivity index is 1.73. The third-order valence-corrected chi connectivity index (χ3v) is 4.81. The molecule has 6 heteroatoms. The molecule has 1 aromatic carbocycles. The summed E-state index contributed by atoms with van der Waals surface area (Å²) in [6.45, 7) is 2.93. The highest BCUT2D eigenvalue weighted by atomic mass is 32.2. The highest BCUT2D eigenvalue weighted by molar-refractivity contribution is 7.91. The van der Waals surface area contributed by atoms with Crippen LogP contribution in [0.3, 0.4) is 0 Å². The highest BCUT2D eigenvalue weighted by Crippen LogP contribution is 2.13. The van der Waals surface area contributed by atoms with Crippen LogP contribution in [0, 0.1) is 6.92 Å². The van der Waals surface area contributed by atoms with E-state index in [0.717, 1.165) is 11.3 Å². The van der Waals surface area contributed by atoms with Crippen molar-refractivity contribution in [2.75, 3.05) is 24.7 Å². The minimum Gasteiger partial charge on any atom is -0.492 e. The maximum Gasteiger partial charge on any atom is 0.154 e. The molecule has 19 heavy (non-hydrogen) atoms. The summed E-state index contributed by atoms with van der Waals surface area (Å²) in [4.78, 5) is 0. The van der Waals surface area contributed by atoms with Crippen LogP contribution in [0.15, 0.2) is 24.3 Å². The summed E-state index contributed by atoms with van der Waals surface area (Å²) < 4.78 is 28.2. The van der Waals surface area contributed by atoms with Crippen LogP contribution in [-0.4, -0.2) is 50.3 Å². The van der Waals surface area contributed by atoms with Crippen LogP contribution >= 0.6 is 0 Å². The predicted octanol–water partition coefficient (Wildman–Crippen LogP) is 0.121. The van der Waals surface area contributed by atoms with E-state index in [4.69, 9.17) is 4.74 Å². The molecule has 2 rings (SSSR count). The van der Waals surface area contributed by atoms with Gasteiger partial charge < -0.3 is 15.2 Å². The zero-order valence-corrected chi connectivity index (χ0v) is 11.7. The van der Waals surface area contributed by atoms with Crippen molar-refractivity contribution in [3.05, 3.63) is 29.8 Å². The van der Waals surface area contributed by atoms with Gasteiger partial charge in [-0.2, -0.15) is 0 Å². The molecule has 1 saturated heterocycles. The van der Waals surface area contributed by atoms with Gasteiger partial charge in [-0.15, -0.1) is 0 Å². The summed E-state index contributed by atoms with van der Waals surface area (Å²) >= 11 is 0. The molecule has 0 aliphatic carbocycles. The Morgan fingerprint density at radius 3 is 2.84 bits per heavy atom. The number of ether oxygens (including phenoxy) is 1. The van der Waals surface area contributed by atoms with Crippen molar-refractivity contribution in [3.63, 3.8) is 0 Å². The Bertz CT molecular complexity index is 529. The molecule has 2 atom stereocenters. The van der Waals surface area contributed by atoms with Gasteiger partial charge in [0, 0.05) is 12.6 Å². The van der Waals surface area contributed by atoms with E-state index >= 15 is 0 Å². The fourth-order valence-electron chi connectivity index (χ4n) is 2.14. The Morgan fingerprint density at radius 1 is 1.42 bits per heavy atom. The van der Waals surface area contributed by atoms with Crippen molar-refractivity contribution in [1.29, 1.82) is 0 Å². The molecule has 1 aromatic rings. The Kier molecular flexibility index (Phi) is 4.44. The van der Waals surface area contributed by atoms with Crippen LogP contribution in [0.4, 0.5) is 0 Å². The predicted molar refractivity (Wildman–Crippen MR) is 73.1 cm³/mol. The Hall–Kier alpha value is -1.11. The summed E-state index contributed by atoms with van der Waals surface area (Å²) in [5, 5.41) is 12.6. The second-order valence-electron chi connectivity index (χ2n) is 4.87. The molecule has 0 radical (unpaired) electrons. The number of benzene rings is 1. The molecule has 5 nitrogen and oxygen atoms in total. The van der Waals surface area contributed by atoms with Gasteiger partial charge in [-0.05, 0) is 24.6 Å². The zero-order valence-electron chi connectivity index (χ0n) is 10.9. The molecule has 1 fully saturated rings. The molecule has 2 unspecified atom stereocenters. The van der Waals surface area contributed by atoms with Gasteiger partial charge in [0.25, 0.3) is 0 Å². The van der Waals surface area contributed by atoms with Crippen LogP contribution in [0.1, 0.15) is 5.56 Å². The van der Waals surface area contributed by atoms with Crippen molar-refractivity contribution in [3.8, 4) is 5.75 Å². The summed E-state index contributed by atoms with van der Waals surface area (Å²) in [6, 6.07) is 7.35. The van der Waals surface area contributed by atoms with Crippen LogP contribution in [0.25, 0.3) is 0 Å². The smallest absolute Gasteiger partial charge is 0.154 e. The van der Waals surface area contributed by atoms with E-state index in [1.807, 2.05) is 31.2 Å². The zero-order chi connectivity index (χ0) is 13.9. The third-order valence-electron chi connectivity index (χ3n) is 3.09. The van der Waals surface area contributed by atoms with E-state index in [1.54, 1.807) is 0 Å². The van der Waals surface area contributed by atoms with Crippen LogP contribution < -0.4 is 10.1 Å². The summed E-state index contributed by atoms with van der Waals surface area (Å²) in [7, 11) is -3.09. The number of hydrogen-bond donors (Lipinski definition) is 2. The van der Waals surface area contributed by atoms with E-state index in [2.05, 4.69) is 5.32 Å². The maximum atomic E-state index is 11.3. The molecule has 0 amide bonds. The van der Waals surface area contributed by atoms with E-state index in [9.17, 15) is 13.5 Å². The van der Waals surface area contributed by atoms with E-state index in [1.165, 1.54) is 0 Å². The van der Waals surface area contributed by atoms with Crippen LogP contribution in [0.2, 0.25) is 0 Å². The number of rotatable bonds is 5. The lowest BCUT2D eigenvalue weighted by Crippen LogP contribution is -2.40. The lowest BCUT2D eigenvalue weighted by molar-refractivity contribution is 0.162. The first-order valence-electron chi connectivity index (χ1n) is 6.28. The summed E-state index contributed by atoms with van der Waals surface area (Å²) in [5.41, 5.74) is 1.13. The molecule has 1 aliphatic heterocycles. The Morgan fingerprint density at radius 2 is 2.21 bits per heavy atom. The average molecular weight is 285 g/mol. The van der Waals surface area contributed by atoms with Gasteiger partial charge >= 0.3 is 0 Å². The SMILES string of the molecule is Cc1cccc(OCCNC2CS(=O)(=O)CC2O)c1. The van der Waals surface area contributed by atoms with E-state index in [0.29, 0.717) is 13.2 Å².